The zero-order valence-electron chi connectivity index (χ0n) is 13.8. The van der Waals surface area contributed by atoms with Crippen molar-refractivity contribution in [3.63, 3.8) is 0 Å². The molecule has 1 N–H and O–H groups in total. The van der Waals surface area contributed by atoms with Gasteiger partial charge in [0, 0.05) is 21.9 Å². The Morgan fingerprint density at radius 1 is 1.15 bits per heavy atom. The fourth-order valence-corrected chi connectivity index (χ4v) is 2.80. The number of Topliss-reactive ketones (excluding diaryl/α,β-unsaturated/α-hetero) is 1. The Kier molecular flexibility index (Phi) is 4.12. The molecule has 9 nitrogen and oxygen atoms in total. The smallest absolute Gasteiger partial charge is 0.259 e. The first-order valence-electron chi connectivity index (χ1n) is 7.92. The maximum atomic E-state index is 12.7. The number of ketones is 1. The molecule has 0 atom stereocenters. The predicted molar refractivity (Wildman–Crippen MR) is 95.1 cm³/mol. The molecule has 1 aromatic heterocycles. The van der Waals surface area contributed by atoms with Crippen LogP contribution in [0.15, 0.2) is 52.2 Å². The minimum absolute atomic E-state index is 0.0169. The van der Waals surface area contributed by atoms with Gasteiger partial charge in [-0.15, -0.1) is 0 Å². The maximum Gasteiger partial charge on any atom is 0.259 e. The number of azide groups is 1. The van der Waals surface area contributed by atoms with E-state index in [1.54, 1.807) is 24.3 Å². The number of hydrogen-bond acceptors (Lipinski definition) is 6. The van der Waals surface area contributed by atoms with Crippen molar-refractivity contribution in [3.8, 4) is 11.5 Å². The lowest BCUT2D eigenvalue weighted by Crippen LogP contribution is -2.15. The molecule has 0 spiro atoms. The van der Waals surface area contributed by atoms with Crippen LogP contribution in [0.4, 0.5) is 5.69 Å². The Labute approximate surface area is 152 Å². The highest BCUT2D eigenvalue weighted by Gasteiger charge is 2.23. The summed E-state index contributed by atoms with van der Waals surface area (Å²) in [6.45, 7) is -0.364. The van der Waals surface area contributed by atoms with Gasteiger partial charge in [-0.25, -0.2) is 0 Å². The molecule has 0 saturated carbocycles. The molecule has 0 fully saturated rings. The molecule has 4 rings (SSSR count). The Morgan fingerprint density at radius 2 is 1.93 bits per heavy atom. The summed E-state index contributed by atoms with van der Waals surface area (Å²) < 4.78 is 16.0. The number of anilines is 1. The summed E-state index contributed by atoms with van der Waals surface area (Å²) in [7, 11) is 0. The summed E-state index contributed by atoms with van der Waals surface area (Å²) in [4.78, 5) is 27.7. The van der Waals surface area contributed by atoms with Gasteiger partial charge in [-0.05, 0) is 17.7 Å². The van der Waals surface area contributed by atoms with E-state index in [4.69, 9.17) is 19.4 Å². The average Bonchev–Trinajstić information content (AvgIpc) is 3.31. The molecule has 2 heterocycles. The van der Waals surface area contributed by atoms with Gasteiger partial charge in [0.2, 0.25) is 6.79 Å². The molecule has 0 radical (unpaired) electrons. The van der Waals surface area contributed by atoms with Gasteiger partial charge >= 0.3 is 0 Å². The molecule has 2 aromatic carbocycles. The number of amides is 1. The molecule has 27 heavy (non-hydrogen) atoms. The van der Waals surface area contributed by atoms with E-state index in [1.165, 1.54) is 18.4 Å². The number of carbonyl (C=O) groups excluding carboxylic acids is 2. The largest absolute Gasteiger partial charge is 0.463 e. The van der Waals surface area contributed by atoms with Crippen molar-refractivity contribution in [1.29, 1.82) is 0 Å². The van der Waals surface area contributed by atoms with Crippen molar-refractivity contribution >= 4 is 28.3 Å². The van der Waals surface area contributed by atoms with Crippen LogP contribution in [-0.4, -0.2) is 25.0 Å². The van der Waals surface area contributed by atoms with E-state index in [1.807, 2.05) is 0 Å². The van der Waals surface area contributed by atoms with Gasteiger partial charge in [0.25, 0.3) is 5.91 Å². The zero-order valence-corrected chi connectivity index (χ0v) is 13.8. The van der Waals surface area contributed by atoms with Crippen LogP contribution < -0.4 is 14.8 Å². The Hall–Kier alpha value is -3.97. The third kappa shape index (κ3) is 3.03. The van der Waals surface area contributed by atoms with Crippen molar-refractivity contribution in [2.75, 3.05) is 18.7 Å². The zero-order chi connectivity index (χ0) is 18.8. The van der Waals surface area contributed by atoms with Gasteiger partial charge in [0.15, 0.2) is 17.3 Å². The SMILES string of the molecule is [N-]=[N+]=NCC(=O)c1cc2c(cc1NC(=O)c1coc3ccccc13)OCO2. The monoisotopic (exact) mass is 364 g/mol. The highest BCUT2D eigenvalue weighted by Crippen LogP contribution is 2.37. The first kappa shape index (κ1) is 16.5. The van der Waals surface area contributed by atoms with Crippen LogP contribution >= 0.6 is 0 Å². The summed E-state index contributed by atoms with van der Waals surface area (Å²) in [6, 6.07) is 10.1. The number of rotatable bonds is 5. The standard InChI is InChI=1S/C18H12N4O5/c19-22-20-7-14(23)11-5-16-17(27-9-26-16)6-13(11)21-18(24)12-8-25-15-4-2-1-3-10(12)15/h1-6,8H,7,9H2,(H,21,24). The van der Waals surface area contributed by atoms with Gasteiger partial charge in [-0.3, -0.25) is 9.59 Å². The number of furan rings is 1. The molecular formula is C18H12N4O5. The van der Waals surface area contributed by atoms with E-state index in [0.29, 0.717) is 28.0 Å². The third-order valence-corrected chi connectivity index (χ3v) is 4.06. The van der Waals surface area contributed by atoms with Gasteiger partial charge < -0.3 is 19.2 Å². The number of hydrogen-bond donors (Lipinski definition) is 1. The lowest BCUT2D eigenvalue weighted by atomic mass is 10.1. The molecule has 1 aliphatic heterocycles. The number of fused-ring (bicyclic) bond motifs is 2. The van der Waals surface area contributed by atoms with E-state index in [9.17, 15) is 9.59 Å². The highest BCUT2D eigenvalue weighted by molar-refractivity contribution is 6.15. The van der Waals surface area contributed by atoms with E-state index in [0.717, 1.165) is 0 Å². The summed E-state index contributed by atoms with van der Waals surface area (Å²) >= 11 is 0. The first-order chi connectivity index (χ1) is 13.2. The fourth-order valence-electron chi connectivity index (χ4n) is 2.80. The topological polar surface area (TPSA) is 127 Å². The molecule has 0 unspecified atom stereocenters. The number of carbonyl (C=O) groups is 2. The number of ether oxygens (including phenoxy) is 2. The minimum atomic E-state index is -0.460. The highest BCUT2D eigenvalue weighted by atomic mass is 16.7. The molecule has 0 saturated heterocycles. The number of para-hydroxylation sites is 1. The Balaban J connectivity index is 1.71. The molecular weight excluding hydrogens is 352 g/mol. The second-order valence-corrected chi connectivity index (χ2v) is 5.66. The van der Waals surface area contributed by atoms with Gasteiger partial charge in [0.05, 0.1) is 17.8 Å². The van der Waals surface area contributed by atoms with Crippen LogP contribution in [0.3, 0.4) is 0 Å². The van der Waals surface area contributed by atoms with Gasteiger partial charge in [-0.2, -0.15) is 0 Å². The van der Waals surface area contributed by atoms with Crippen LogP contribution in [0.25, 0.3) is 21.4 Å². The van der Waals surface area contributed by atoms with Crippen LogP contribution in [-0.2, 0) is 0 Å². The van der Waals surface area contributed by atoms with Crippen molar-refractivity contribution in [1.82, 2.24) is 0 Å². The molecule has 9 heteroatoms. The molecule has 134 valence electrons. The lowest BCUT2D eigenvalue weighted by Gasteiger charge is -2.11. The van der Waals surface area contributed by atoms with E-state index in [-0.39, 0.29) is 24.6 Å². The van der Waals surface area contributed by atoms with Crippen LogP contribution in [0, 0.1) is 0 Å². The molecule has 1 amide bonds. The second-order valence-electron chi connectivity index (χ2n) is 5.66. The molecule has 3 aromatic rings. The number of nitrogens with zero attached hydrogens (tertiary/aromatic N) is 3. The predicted octanol–water partition coefficient (Wildman–Crippen LogP) is 3.91. The van der Waals surface area contributed by atoms with Crippen molar-refractivity contribution < 1.29 is 23.5 Å². The summed E-state index contributed by atoms with van der Waals surface area (Å²) in [5, 5.41) is 6.64. The molecule has 1 aliphatic rings. The van der Waals surface area contributed by atoms with Crippen molar-refractivity contribution in [2.45, 2.75) is 0 Å². The summed E-state index contributed by atoms with van der Waals surface area (Å²) in [5.41, 5.74) is 9.73. The van der Waals surface area contributed by atoms with Gasteiger partial charge in [-0.1, -0.05) is 23.3 Å². The van der Waals surface area contributed by atoms with Crippen molar-refractivity contribution in [3.05, 3.63) is 64.2 Å². The van der Waals surface area contributed by atoms with Crippen LogP contribution in [0.5, 0.6) is 11.5 Å². The maximum absolute atomic E-state index is 12.7. The van der Waals surface area contributed by atoms with E-state index < -0.39 is 11.7 Å². The van der Waals surface area contributed by atoms with Gasteiger partial charge in [0.1, 0.15) is 11.8 Å². The Morgan fingerprint density at radius 3 is 2.74 bits per heavy atom. The molecule has 0 bridgehead atoms. The minimum Gasteiger partial charge on any atom is -0.463 e. The van der Waals surface area contributed by atoms with Crippen molar-refractivity contribution in [2.24, 2.45) is 5.11 Å². The number of nitrogens with one attached hydrogen (secondary N) is 1. The van der Waals surface area contributed by atoms with Crippen LogP contribution in [0.2, 0.25) is 0 Å². The molecule has 0 aliphatic carbocycles. The quantitative estimate of drug-likeness (QED) is 0.318. The summed E-state index contributed by atoms with van der Waals surface area (Å²) in [5.74, 6) is -0.121. The fraction of sp³-hybridized carbons (Fsp3) is 0.111. The van der Waals surface area contributed by atoms with Crippen LogP contribution in [0.1, 0.15) is 20.7 Å². The Bertz CT molecular complexity index is 1110. The third-order valence-electron chi connectivity index (χ3n) is 4.06. The second kappa shape index (κ2) is 6.74. The van der Waals surface area contributed by atoms with E-state index in [2.05, 4.69) is 15.3 Å². The summed E-state index contributed by atoms with van der Waals surface area (Å²) in [6.07, 6.45) is 1.36. The lowest BCUT2D eigenvalue weighted by molar-refractivity contribution is 0.100. The number of benzene rings is 2. The average molecular weight is 364 g/mol. The normalized spacial score (nSPS) is 11.9. The first-order valence-corrected chi connectivity index (χ1v) is 7.92. The van der Waals surface area contributed by atoms with E-state index >= 15 is 0 Å².